The molecule has 1 aromatic carbocycles. The fraction of sp³-hybridized carbons (Fsp3) is 0.440. The number of ether oxygens (including phenoxy) is 1. The average molecular weight is 417 g/mol. The highest BCUT2D eigenvalue weighted by atomic mass is 16.5. The molecular formula is C25H28N4O2. The molecule has 2 fully saturated rings. The lowest BCUT2D eigenvalue weighted by Gasteiger charge is -2.38. The Bertz CT molecular complexity index is 1040. The Morgan fingerprint density at radius 3 is 2.58 bits per heavy atom. The zero-order chi connectivity index (χ0) is 21.0. The van der Waals surface area contributed by atoms with E-state index in [1.165, 1.54) is 0 Å². The maximum Gasteiger partial charge on any atom is 0.141 e. The third kappa shape index (κ3) is 4.65. The van der Waals surface area contributed by atoms with Crippen LogP contribution in [-0.4, -0.2) is 58.0 Å². The zero-order valence-electron chi connectivity index (χ0n) is 17.7. The lowest BCUT2D eigenvalue weighted by atomic mass is 9.81. The summed E-state index contributed by atoms with van der Waals surface area (Å²) in [6.45, 7) is 3.73. The number of aromatic nitrogens is 3. The van der Waals surface area contributed by atoms with E-state index < -0.39 is 0 Å². The molecular weight excluding hydrogens is 388 g/mol. The van der Waals surface area contributed by atoms with Gasteiger partial charge in [0, 0.05) is 66.7 Å². The predicted molar refractivity (Wildman–Crippen MR) is 120 cm³/mol. The van der Waals surface area contributed by atoms with Crippen LogP contribution in [0.2, 0.25) is 0 Å². The van der Waals surface area contributed by atoms with Crippen LogP contribution in [0.15, 0.2) is 49.1 Å². The van der Waals surface area contributed by atoms with Crippen molar-refractivity contribution in [2.24, 2.45) is 5.92 Å². The second-order valence-corrected chi connectivity index (χ2v) is 8.63. The van der Waals surface area contributed by atoms with Crippen molar-refractivity contribution < 1.29 is 9.53 Å². The monoisotopic (exact) mass is 416 g/mol. The predicted octanol–water partition coefficient (Wildman–Crippen LogP) is 3.69. The smallest absolute Gasteiger partial charge is 0.141 e. The summed E-state index contributed by atoms with van der Waals surface area (Å²) >= 11 is 0. The lowest BCUT2D eigenvalue weighted by Crippen LogP contribution is -2.45. The molecule has 0 amide bonds. The van der Waals surface area contributed by atoms with Crippen molar-refractivity contribution in [1.29, 1.82) is 0 Å². The Labute approximate surface area is 182 Å². The third-order valence-corrected chi connectivity index (χ3v) is 6.71. The summed E-state index contributed by atoms with van der Waals surface area (Å²) in [5.41, 5.74) is 2.71. The quantitative estimate of drug-likeness (QED) is 0.632. The molecule has 3 heterocycles. The molecule has 2 aliphatic rings. The summed E-state index contributed by atoms with van der Waals surface area (Å²) in [7, 11) is 0. The Morgan fingerprint density at radius 2 is 1.81 bits per heavy atom. The third-order valence-electron chi connectivity index (χ3n) is 6.71. The maximum absolute atomic E-state index is 13.0. The van der Waals surface area contributed by atoms with E-state index in [9.17, 15) is 4.79 Å². The Balaban J connectivity index is 1.24. The van der Waals surface area contributed by atoms with Crippen molar-refractivity contribution in [3.05, 3.63) is 54.7 Å². The van der Waals surface area contributed by atoms with Crippen LogP contribution >= 0.6 is 0 Å². The van der Waals surface area contributed by atoms with Crippen LogP contribution in [0.3, 0.4) is 0 Å². The van der Waals surface area contributed by atoms with Crippen LogP contribution < -0.4 is 0 Å². The van der Waals surface area contributed by atoms with Gasteiger partial charge in [-0.2, -0.15) is 0 Å². The molecule has 6 nitrogen and oxygen atoms in total. The van der Waals surface area contributed by atoms with E-state index >= 15 is 0 Å². The van der Waals surface area contributed by atoms with E-state index in [0.29, 0.717) is 18.2 Å². The summed E-state index contributed by atoms with van der Waals surface area (Å²) in [4.78, 5) is 28.6. The highest BCUT2D eigenvalue weighted by Crippen LogP contribution is 2.30. The summed E-state index contributed by atoms with van der Waals surface area (Å²) in [6.07, 6.45) is 11.6. The molecule has 1 saturated carbocycles. The van der Waals surface area contributed by atoms with Crippen molar-refractivity contribution >= 4 is 16.6 Å². The van der Waals surface area contributed by atoms with Gasteiger partial charge < -0.3 is 4.74 Å². The number of rotatable bonds is 5. The first-order valence-electron chi connectivity index (χ1n) is 11.3. The fourth-order valence-electron chi connectivity index (χ4n) is 4.92. The largest absolute Gasteiger partial charge is 0.379 e. The molecule has 1 aliphatic carbocycles. The number of fused-ring (bicyclic) bond motifs is 1. The van der Waals surface area contributed by atoms with E-state index in [1.807, 2.05) is 24.4 Å². The molecule has 31 heavy (non-hydrogen) atoms. The zero-order valence-corrected chi connectivity index (χ0v) is 17.7. The summed E-state index contributed by atoms with van der Waals surface area (Å²) in [5, 5.41) is 2.15. The van der Waals surface area contributed by atoms with Gasteiger partial charge in [-0.25, -0.2) is 0 Å². The molecule has 160 valence electrons. The molecule has 6 heteroatoms. The van der Waals surface area contributed by atoms with Gasteiger partial charge in [0.2, 0.25) is 0 Å². The van der Waals surface area contributed by atoms with Crippen LogP contribution in [0.25, 0.3) is 22.0 Å². The van der Waals surface area contributed by atoms with Crippen LogP contribution in [0.4, 0.5) is 0 Å². The molecule has 0 spiro atoms. The van der Waals surface area contributed by atoms with E-state index in [1.54, 1.807) is 18.6 Å². The standard InChI is InChI=1S/C25H28N4O2/c30-25(18-3-5-23(6-4-18)29-9-11-31-12-10-29)15-22-14-21-13-19(1-2-20(21)16-28-22)24-17-26-7-8-27-24/h1-2,7-8,13-14,16-18,23H,3-6,9-12,15H2. The number of benzene rings is 1. The Morgan fingerprint density at radius 1 is 0.968 bits per heavy atom. The van der Waals surface area contributed by atoms with Gasteiger partial charge in [0.05, 0.1) is 25.1 Å². The second-order valence-electron chi connectivity index (χ2n) is 8.63. The number of hydrogen-bond donors (Lipinski definition) is 0. The number of carbonyl (C=O) groups is 1. The topological polar surface area (TPSA) is 68.2 Å². The van der Waals surface area contributed by atoms with Gasteiger partial charge in [0.15, 0.2) is 0 Å². The average Bonchev–Trinajstić information content (AvgIpc) is 2.85. The minimum atomic E-state index is 0.167. The van der Waals surface area contributed by atoms with Gasteiger partial charge in [-0.05, 0) is 43.2 Å². The molecule has 0 N–H and O–H groups in total. The van der Waals surface area contributed by atoms with E-state index in [2.05, 4.69) is 25.9 Å². The molecule has 0 bridgehead atoms. The number of nitrogens with zero attached hydrogens (tertiary/aromatic N) is 4. The van der Waals surface area contributed by atoms with Gasteiger partial charge in [-0.3, -0.25) is 24.6 Å². The van der Waals surface area contributed by atoms with E-state index in [4.69, 9.17) is 4.74 Å². The number of carbonyl (C=O) groups excluding carboxylic acids is 1. The van der Waals surface area contributed by atoms with Gasteiger partial charge in [-0.1, -0.05) is 12.1 Å². The highest BCUT2D eigenvalue weighted by Gasteiger charge is 2.30. The molecule has 0 atom stereocenters. The van der Waals surface area contributed by atoms with E-state index in [-0.39, 0.29) is 5.92 Å². The minimum absolute atomic E-state index is 0.167. The van der Waals surface area contributed by atoms with Gasteiger partial charge >= 0.3 is 0 Å². The molecule has 1 aliphatic heterocycles. The van der Waals surface area contributed by atoms with Gasteiger partial charge in [0.25, 0.3) is 0 Å². The van der Waals surface area contributed by atoms with Crippen LogP contribution in [0.1, 0.15) is 31.4 Å². The van der Waals surface area contributed by atoms with Crippen molar-refractivity contribution in [3.8, 4) is 11.3 Å². The van der Waals surface area contributed by atoms with Gasteiger partial charge in [-0.15, -0.1) is 0 Å². The van der Waals surface area contributed by atoms with Crippen molar-refractivity contribution in [1.82, 2.24) is 19.9 Å². The Hall–Kier alpha value is -2.70. The number of Topliss-reactive ketones (excluding diaryl/α,β-unsaturated/α-hetero) is 1. The molecule has 3 aromatic rings. The van der Waals surface area contributed by atoms with E-state index in [0.717, 1.165) is 79.7 Å². The number of hydrogen-bond acceptors (Lipinski definition) is 6. The minimum Gasteiger partial charge on any atom is -0.379 e. The van der Waals surface area contributed by atoms with Crippen molar-refractivity contribution in [2.75, 3.05) is 26.3 Å². The molecule has 5 rings (SSSR count). The van der Waals surface area contributed by atoms with Crippen molar-refractivity contribution in [2.45, 2.75) is 38.1 Å². The van der Waals surface area contributed by atoms with Crippen LogP contribution in [-0.2, 0) is 16.0 Å². The first kappa shape index (κ1) is 20.2. The highest BCUT2D eigenvalue weighted by molar-refractivity contribution is 5.88. The SMILES string of the molecule is O=C(Cc1cc2cc(-c3cnccn3)ccc2cn1)C1CCC(N2CCOCC2)CC1. The first-order chi connectivity index (χ1) is 15.3. The summed E-state index contributed by atoms with van der Waals surface area (Å²) in [6, 6.07) is 8.84. The van der Waals surface area contributed by atoms with Crippen molar-refractivity contribution in [3.63, 3.8) is 0 Å². The lowest BCUT2D eigenvalue weighted by molar-refractivity contribution is -0.123. The molecule has 1 saturated heterocycles. The number of pyridine rings is 1. The number of morpholine rings is 1. The molecule has 2 aromatic heterocycles. The fourth-order valence-corrected chi connectivity index (χ4v) is 4.92. The van der Waals surface area contributed by atoms with Gasteiger partial charge in [0.1, 0.15) is 5.78 Å². The Kier molecular flexibility index (Phi) is 6.00. The summed E-state index contributed by atoms with van der Waals surface area (Å²) < 4.78 is 5.47. The van der Waals surface area contributed by atoms with Crippen LogP contribution in [0.5, 0.6) is 0 Å². The number of ketones is 1. The normalized spacial score (nSPS) is 22.5. The van der Waals surface area contributed by atoms with Crippen LogP contribution in [0, 0.1) is 5.92 Å². The second kappa shape index (κ2) is 9.20. The summed E-state index contributed by atoms with van der Waals surface area (Å²) in [5.74, 6) is 0.498. The first-order valence-corrected chi connectivity index (χ1v) is 11.3. The molecule has 0 radical (unpaired) electrons. The molecule has 0 unspecified atom stereocenters. The maximum atomic E-state index is 13.0.